The summed E-state index contributed by atoms with van der Waals surface area (Å²) in [4.78, 5) is 41.9. The number of carbonyl (C=O) groups is 3. The highest BCUT2D eigenvalue weighted by molar-refractivity contribution is 5.98. The molecular weight excluding hydrogens is 456 g/mol. The maximum Gasteiger partial charge on any atom is 0.248 e. The summed E-state index contributed by atoms with van der Waals surface area (Å²) in [6, 6.07) is 9.75. The Morgan fingerprint density at radius 2 is 1.69 bits per heavy atom. The van der Waals surface area contributed by atoms with Gasteiger partial charge in [0, 0.05) is 12.6 Å². The molecule has 2 heterocycles. The molecule has 1 aliphatic heterocycles. The standard InChI is InChI=1S/C27H38N6O3/c1-19(28-2)25(34)31-24(20-11-5-3-6-12-20)27(36)32-18-10-9-15-22(32)26(35)30-23-16-17-29-33(23)21-13-7-4-8-14-21/h4,7-8,13-14,16-17,19-20,22,24,28H,3,5-6,9-12,15,18H2,1-2H3,(H,30,35)(H,31,34)/t19-,22-,24-/m0/s1. The van der Waals surface area contributed by atoms with Crippen LogP contribution in [0.15, 0.2) is 42.6 Å². The quantitative estimate of drug-likeness (QED) is 0.523. The molecule has 1 saturated heterocycles. The van der Waals surface area contributed by atoms with Crippen molar-refractivity contribution in [2.75, 3.05) is 18.9 Å². The number of hydrogen-bond acceptors (Lipinski definition) is 5. The van der Waals surface area contributed by atoms with Crippen LogP contribution in [0.25, 0.3) is 5.69 Å². The highest BCUT2D eigenvalue weighted by atomic mass is 16.2. The van der Waals surface area contributed by atoms with Gasteiger partial charge in [-0.2, -0.15) is 5.10 Å². The number of benzene rings is 1. The lowest BCUT2D eigenvalue weighted by atomic mass is 9.82. The number of nitrogens with one attached hydrogen (secondary N) is 3. The lowest BCUT2D eigenvalue weighted by molar-refractivity contribution is -0.145. The van der Waals surface area contributed by atoms with E-state index >= 15 is 0 Å². The van der Waals surface area contributed by atoms with Crippen LogP contribution in [-0.4, -0.2) is 64.1 Å². The van der Waals surface area contributed by atoms with E-state index in [1.807, 2.05) is 30.3 Å². The maximum absolute atomic E-state index is 13.9. The molecule has 0 unspecified atom stereocenters. The van der Waals surface area contributed by atoms with Crippen molar-refractivity contribution in [3.63, 3.8) is 0 Å². The summed E-state index contributed by atoms with van der Waals surface area (Å²) in [7, 11) is 1.73. The predicted molar refractivity (Wildman–Crippen MR) is 139 cm³/mol. The van der Waals surface area contributed by atoms with Crippen molar-refractivity contribution in [3.05, 3.63) is 42.6 Å². The topological polar surface area (TPSA) is 108 Å². The monoisotopic (exact) mass is 494 g/mol. The maximum atomic E-state index is 13.9. The second kappa shape index (κ2) is 12.2. The number of likely N-dealkylation sites (tertiary alicyclic amines) is 1. The zero-order valence-electron chi connectivity index (χ0n) is 21.3. The molecular formula is C27H38N6O3. The molecule has 3 N–H and O–H groups in total. The van der Waals surface area contributed by atoms with Gasteiger partial charge in [-0.25, -0.2) is 4.68 Å². The number of likely N-dealkylation sites (N-methyl/N-ethyl adjacent to an activating group) is 1. The first-order valence-corrected chi connectivity index (χ1v) is 13.2. The molecule has 2 fully saturated rings. The fraction of sp³-hybridized carbons (Fsp3) is 0.556. The number of para-hydroxylation sites is 1. The molecule has 0 bridgehead atoms. The molecule has 0 spiro atoms. The second-order valence-corrected chi connectivity index (χ2v) is 9.89. The number of aromatic nitrogens is 2. The number of hydrogen-bond donors (Lipinski definition) is 3. The highest BCUT2D eigenvalue weighted by Gasteiger charge is 2.40. The Kier molecular flexibility index (Phi) is 8.74. The van der Waals surface area contributed by atoms with E-state index in [-0.39, 0.29) is 23.6 Å². The van der Waals surface area contributed by atoms with Gasteiger partial charge in [0.2, 0.25) is 17.7 Å². The summed E-state index contributed by atoms with van der Waals surface area (Å²) >= 11 is 0. The van der Waals surface area contributed by atoms with E-state index in [0.717, 1.165) is 50.6 Å². The van der Waals surface area contributed by atoms with Gasteiger partial charge >= 0.3 is 0 Å². The van der Waals surface area contributed by atoms with Crippen LogP contribution in [0, 0.1) is 5.92 Å². The van der Waals surface area contributed by atoms with Crippen LogP contribution in [0.1, 0.15) is 58.3 Å². The summed E-state index contributed by atoms with van der Waals surface area (Å²) in [5.74, 6) is 0.0905. The van der Waals surface area contributed by atoms with Crippen LogP contribution in [0.3, 0.4) is 0 Å². The first-order valence-electron chi connectivity index (χ1n) is 13.2. The molecule has 2 aromatic rings. The average Bonchev–Trinajstić information content (AvgIpc) is 3.39. The Morgan fingerprint density at radius 3 is 2.42 bits per heavy atom. The van der Waals surface area contributed by atoms with Gasteiger partial charge in [-0.1, -0.05) is 37.5 Å². The molecule has 1 aromatic heterocycles. The predicted octanol–water partition coefficient (Wildman–Crippen LogP) is 2.86. The third kappa shape index (κ3) is 5.95. The van der Waals surface area contributed by atoms with Crippen molar-refractivity contribution < 1.29 is 14.4 Å². The number of carbonyl (C=O) groups excluding carboxylic acids is 3. The van der Waals surface area contributed by atoms with E-state index in [4.69, 9.17) is 0 Å². The number of nitrogens with zero attached hydrogens (tertiary/aromatic N) is 3. The summed E-state index contributed by atoms with van der Waals surface area (Å²) in [6.45, 7) is 2.29. The SMILES string of the molecule is CN[C@@H](C)C(=O)N[C@H](C(=O)N1CCCC[C@H]1C(=O)Nc1ccnn1-c1ccccc1)C1CCCCC1. The van der Waals surface area contributed by atoms with Gasteiger partial charge < -0.3 is 20.9 Å². The van der Waals surface area contributed by atoms with Crippen molar-refractivity contribution in [1.82, 2.24) is 25.3 Å². The molecule has 2 aliphatic rings. The third-order valence-corrected chi connectivity index (χ3v) is 7.49. The molecule has 9 heteroatoms. The van der Waals surface area contributed by atoms with Crippen LogP contribution in [0.4, 0.5) is 5.82 Å². The lowest BCUT2D eigenvalue weighted by Gasteiger charge is -2.39. The van der Waals surface area contributed by atoms with Crippen molar-refractivity contribution in [2.45, 2.75) is 76.4 Å². The summed E-state index contributed by atoms with van der Waals surface area (Å²) in [5, 5.41) is 13.3. The van der Waals surface area contributed by atoms with Gasteiger partial charge in [0.15, 0.2) is 0 Å². The number of amides is 3. The van der Waals surface area contributed by atoms with E-state index in [0.29, 0.717) is 18.8 Å². The molecule has 4 rings (SSSR count). The van der Waals surface area contributed by atoms with Crippen LogP contribution in [0.2, 0.25) is 0 Å². The minimum Gasteiger partial charge on any atom is -0.343 e. The van der Waals surface area contributed by atoms with Crippen LogP contribution < -0.4 is 16.0 Å². The first kappa shape index (κ1) is 25.9. The van der Waals surface area contributed by atoms with Crippen LogP contribution in [-0.2, 0) is 14.4 Å². The fourth-order valence-corrected chi connectivity index (χ4v) is 5.29. The van der Waals surface area contributed by atoms with Gasteiger partial charge in [-0.15, -0.1) is 0 Å². The van der Waals surface area contributed by atoms with E-state index in [1.165, 1.54) is 0 Å². The van der Waals surface area contributed by atoms with Crippen molar-refractivity contribution in [3.8, 4) is 5.69 Å². The molecule has 36 heavy (non-hydrogen) atoms. The summed E-state index contributed by atoms with van der Waals surface area (Å²) < 4.78 is 1.68. The largest absolute Gasteiger partial charge is 0.343 e. The smallest absolute Gasteiger partial charge is 0.248 e. The van der Waals surface area contributed by atoms with Crippen LogP contribution >= 0.6 is 0 Å². The normalized spacial score (nSPS) is 20.4. The lowest BCUT2D eigenvalue weighted by Crippen LogP contribution is -2.60. The van der Waals surface area contributed by atoms with Gasteiger partial charge in [-0.3, -0.25) is 14.4 Å². The van der Waals surface area contributed by atoms with Gasteiger partial charge in [-0.05, 0) is 64.1 Å². The zero-order chi connectivity index (χ0) is 25.5. The van der Waals surface area contributed by atoms with Gasteiger partial charge in [0.1, 0.15) is 17.9 Å². The third-order valence-electron chi connectivity index (χ3n) is 7.49. The average molecular weight is 495 g/mol. The van der Waals surface area contributed by atoms with Gasteiger partial charge in [0.05, 0.1) is 17.9 Å². The highest BCUT2D eigenvalue weighted by Crippen LogP contribution is 2.29. The Labute approximate surface area is 213 Å². The van der Waals surface area contributed by atoms with Crippen LogP contribution in [0.5, 0.6) is 0 Å². The number of anilines is 1. The summed E-state index contributed by atoms with van der Waals surface area (Å²) in [6.07, 6.45) is 9.03. The second-order valence-electron chi connectivity index (χ2n) is 9.89. The first-order chi connectivity index (χ1) is 17.5. The Bertz CT molecular complexity index is 1030. The number of piperidine rings is 1. The molecule has 1 saturated carbocycles. The molecule has 1 aromatic carbocycles. The van der Waals surface area contributed by atoms with E-state index < -0.39 is 18.1 Å². The summed E-state index contributed by atoms with van der Waals surface area (Å²) in [5.41, 5.74) is 0.841. The molecule has 1 aliphatic carbocycles. The minimum atomic E-state index is -0.614. The number of rotatable bonds is 8. The van der Waals surface area contributed by atoms with Crippen molar-refractivity contribution >= 4 is 23.5 Å². The zero-order valence-corrected chi connectivity index (χ0v) is 21.3. The minimum absolute atomic E-state index is 0.0874. The van der Waals surface area contributed by atoms with E-state index in [1.54, 1.807) is 35.8 Å². The molecule has 194 valence electrons. The van der Waals surface area contributed by atoms with Gasteiger partial charge in [0.25, 0.3) is 0 Å². The fourth-order valence-electron chi connectivity index (χ4n) is 5.29. The van der Waals surface area contributed by atoms with Crippen molar-refractivity contribution in [2.24, 2.45) is 5.92 Å². The molecule has 9 nitrogen and oxygen atoms in total. The Balaban J connectivity index is 1.53. The van der Waals surface area contributed by atoms with Crippen molar-refractivity contribution in [1.29, 1.82) is 0 Å². The molecule has 3 amide bonds. The van der Waals surface area contributed by atoms with E-state index in [2.05, 4.69) is 21.0 Å². The molecule has 3 atom stereocenters. The Morgan fingerprint density at radius 1 is 0.972 bits per heavy atom. The Hall–Kier alpha value is -3.20. The molecule has 0 radical (unpaired) electrons. The van der Waals surface area contributed by atoms with E-state index in [9.17, 15) is 14.4 Å².